The van der Waals surface area contributed by atoms with Gasteiger partial charge in [0.2, 0.25) is 5.60 Å². The fourth-order valence-electron chi connectivity index (χ4n) is 4.27. The van der Waals surface area contributed by atoms with Crippen LogP contribution in [0, 0.1) is 11.6 Å². The zero-order chi connectivity index (χ0) is 30.9. The van der Waals surface area contributed by atoms with Crippen molar-refractivity contribution in [1.29, 1.82) is 0 Å². The molecular formula is C31H29F2N3O7. The fraction of sp³-hybridized carbons (Fsp3) is 0.290. The van der Waals surface area contributed by atoms with Crippen LogP contribution in [0.3, 0.4) is 0 Å². The van der Waals surface area contributed by atoms with Crippen LogP contribution < -0.4 is 24.3 Å². The van der Waals surface area contributed by atoms with E-state index in [1.807, 2.05) is 0 Å². The first-order chi connectivity index (χ1) is 20.4. The second-order valence-corrected chi connectivity index (χ2v) is 10.8. The molecule has 0 saturated heterocycles. The third-order valence-corrected chi connectivity index (χ3v) is 6.48. The van der Waals surface area contributed by atoms with E-state index < -0.39 is 40.5 Å². The lowest BCUT2D eigenvalue weighted by atomic mass is 10.1. The normalized spacial score (nSPS) is 13.7. The summed E-state index contributed by atoms with van der Waals surface area (Å²) >= 11 is 0. The van der Waals surface area contributed by atoms with Crippen LogP contribution in [-0.4, -0.2) is 47.3 Å². The molecule has 1 saturated carbocycles. The lowest BCUT2D eigenvalue weighted by molar-refractivity contribution is -0.165. The lowest BCUT2D eigenvalue weighted by Crippen LogP contribution is -2.37. The number of rotatable bonds is 9. The molecule has 1 aliphatic carbocycles. The predicted molar refractivity (Wildman–Crippen MR) is 152 cm³/mol. The van der Waals surface area contributed by atoms with Gasteiger partial charge in [-0.05, 0) is 39.0 Å². The summed E-state index contributed by atoms with van der Waals surface area (Å²) in [6, 6.07) is 7.88. The van der Waals surface area contributed by atoms with Crippen molar-refractivity contribution in [3.8, 4) is 28.7 Å². The van der Waals surface area contributed by atoms with Crippen LogP contribution in [0.5, 0.6) is 28.7 Å². The van der Waals surface area contributed by atoms with Crippen molar-refractivity contribution in [2.75, 3.05) is 19.5 Å². The molecule has 2 heterocycles. The fourth-order valence-corrected chi connectivity index (χ4v) is 4.27. The topological polar surface area (TPSA) is 118 Å². The van der Waals surface area contributed by atoms with Crippen molar-refractivity contribution < 1.29 is 42.1 Å². The van der Waals surface area contributed by atoms with Crippen molar-refractivity contribution in [1.82, 2.24) is 9.97 Å². The molecule has 1 N–H and O–H groups in total. The Bertz CT molecular complexity index is 1690. The summed E-state index contributed by atoms with van der Waals surface area (Å²) in [6.45, 7) is 5.30. The van der Waals surface area contributed by atoms with Gasteiger partial charge in [-0.15, -0.1) is 0 Å². The number of halogens is 2. The molecule has 0 radical (unpaired) electrons. The third kappa shape index (κ3) is 6.27. The van der Waals surface area contributed by atoms with Gasteiger partial charge in [-0.1, -0.05) is 0 Å². The summed E-state index contributed by atoms with van der Waals surface area (Å²) in [4.78, 5) is 33.7. The number of ether oxygens (including phenoxy) is 5. The molecule has 0 atom stereocenters. The van der Waals surface area contributed by atoms with Crippen molar-refractivity contribution in [3.05, 3.63) is 72.2 Å². The minimum Gasteiger partial charge on any atom is -0.496 e. The Morgan fingerprint density at radius 1 is 0.907 bits per heavy atom. The average Bonchev–Trinajstić information content (AvgIpc) is 3.74. The molecule has 224 valence electrons. The number of esters is 1. The summed E-state index contributed by atoms with van der Waals surface area (Å²) < 4.78 is 58.3. The molecular weight excluding hydrogens is 564 g/mol. The van der Waals surface area contributed by atoms with E-state index in [9.17, 15) is 9.59 Å². The van der Waals surface area contributed by atoms with Gasteiger partial charge in [0.25, 0.3) is 5.91 Å². The zero-order valence-corrected chi connectivity index (χ0v) is 24.1. The van der Waals surface area contributed by atoms with Crippen LogP contribution in [0.1, 0.15) is 44.0 Å². The molecule has 0 bridgehead atoms. The predicted octanol–water partition coefficient (Wildman–Crippen LogP) is 6.22. The van der Waals surface area contributed by atoms with E-state index in [4.69, 9.17) is 23.7 Å². The molecule has 1 aliphatic rings. The van der Waals surface area contributed by atoms with E-state index >= 15 is 8.78 Å². The summed E-state index contributed by atoms with van der Waals surface area (Å²) in [5.41, 5.74) is -1.54. The molecule has 1 fully saturated rings. The van der Waals surface area contributed by atoms with Crippen LogP contribution in [0.2, 0.25) is 0 Å². The van der Waals surface area contributed by atoms with Crippen LogP contribution >= 0.6 is 0 Å². The number of anilines is 1. The maximum atomic E-state index is 15.2. The summed E-state index contributed by atoms with van der Waals surface area (Å²) in [5.74, 6) is -3.17. The maximum absolute atomic E-state index is 15.2. The standard InChI is InChI=1S/C31H29F2N3O7/c1-30(2,3)43-29(38)31(8-9-31)42-26-14-18-22(15-25(26)40-5)35-11-7-24(18)41-27-20(32)12-17(13-21(27)33)36-28(37)19-16-34-10-6-23(19)39-4/h6-7,10-16H,8-9H2,1-5H3,(H,36,37). The molecule has 1 amide bonds. The number of aromatic nitrogens is 2. The third-order valence-electron chi connectivity index (χ3n) is 6.48. The molecule has 2 aromatic heterocycles. The number of amides is 1. The van der Waals surface area contributed by atoms with Crippen LogP contribution in [-0.2, 0) is 9.53 Å². The number of nitrogens with one attached hydrogen (secondary N) is 1. The molecule has 43 heavy (non-hydrogen) atoms. The molecule has 4 aromatic rings. The Morgan fingerprint density at radius 3 is 2.21 bits per heavy atom. The minimum atomic E-state index is -1.17. The number of fused-ring (bicyclic) bond motifs is 1. The van der Waals surface area contributed by atoms with Gasteiger partial charge in [0, 0.05) is 60.7 Å². The number of hydrogen-bond acceptors (Lipinski definition) is 9. The SMILES string of the molecule is COc1cc2nccc(Oc3c(F)cc(NC(=O)c4cnccc4OC)cc3F)c2cc1OC1(C(=O)OC(C)(C)C)CC1. The number of hydrogen-bond donors (Lipinski definition) is 1. The van der Waals surface area contributed by atoms with Gasteiger partial charge in [-0.2, -0.15) is 0 Å². The average molecular weight is 594 g/mol. The number of carbonyl (C=O) groups excluding carboxylic acids is 2. The number of pyridine rings is 2. The molecule has 5 rings (SSSR count). The van der Waals surface area contributed by atoms with Gasteiger partial charge < -0.3 is 29.0 Å². The quantitative estimate of drug-likeness (QED) is 0.226. The van der Waals surface area contributed by atoms with E-state index in [2.05, 4.69) is 15.3 Å². The Balaban J connectivity index is 1.43. The Hall–Kier alpha value is -5.00. The first-order valence-electron chi connectivity index (χ1n) is 13.3. The number of methoxy groups -OCH3 is 2. The highest BCUT2D eigenvalue weighted by Crippen LogP contribution is 2.46. The van der Waals surface area contributed by atoms with Crippen LogP contribution in [0.4, 0.5) is 14.5 Å². The Labute approximate surface area is 245 Å². The monoisotopic (exact) mass is 593 g/mol. The first kappa shape index (κ1) is 29.5. The van der Waals surface area contributed by atoms with Gasteiger partial charge in [-0.3, -0.25) is 14.8 Å². The lowest BCUT2D eigenvalue weighted by Gasteiger charge is -2.25. The zero-order valence-electron chi connectivity index (χ0n) is 24.1. The van der Waals surface area contributed by atoms with Crippen molar-refractivity contribution in [2.45, 2.75) is 44.8 Å². The number of nitrogens with zero attached hydrogens (tertiary/aromatic N) is 2. The Kier molecular flexibility index (Phi) is 7.78. The second-order valence-electron chi connectivity index (χ2n) is 10.8. The highest BCUT2D eigenvalue weighted by atomic mass is 19.1. The van der Waals surface area contributed by atoms with Crippen LogP contribution in [0.25, 0.3) is 10.9 Å². The molecule has 0 aliphatic heterocycles. The molecule has 0 unspecified atom stereocenters. The molecule has 10 nitrogen and oxygen atoms in total. The summed E-state index contributed by atoms with van der Waals surface area (Å²) in [6.07, 6.45) is 5.03. The highest BCUT2D eigenvalue weighted by Gasteiger charge is 2.56. The van der Waals surface area contributed by atoms with Crippen molar-refractivity contribution >= 4 is 28.5 Å². The van der Waals surface area contributed by atoms with E-state index in [0.29, 0.717) is 29.5 Å². The van der Waals surface area contributed by atoms with Gasteiger partial charge in [0.1, 0.15) is 17.1 Å². The van der Waals surface area contributed by atoms with Crippen LogP contribution in [0.15, 0.2) is 55.0 Å². The van der Waals surface area contributed by atoms with Crippen molar-refractivity contribution in [2.24, 2.45) is 0 Å². The van der Waals surface area contributed by atoms with Gasteiger partial charge in [-0.25, -0.2) is 13.6 Å². The summed E-state index contributed by atoms with van der Waals surface area (Å²) in [7, 11) is 2.83. The number of carbonyl (C=O) groups is 2. The molecule has 0 spiro atoms. The van der Waals surface area contributed by atoms with E-state index in [1.54, 1.807) is 26.8 Å². The first-order valence-corrected chi connectivity index (χ1v) is 13.3. The molecule has 12 heteroatoms. The van der Waals surface area contributed by atoms with E-state index in [1.165, 1.54) is 51.0 Å². The van der Waals surface area contributed by atoms with Gasteiger partial charge in [0.15, 0.2) is 28.9 Å². The number of benzene rings is 2. The highest BCUT2D eigenvalue weighted by molar-refractivity contribution is 6.06. The second kappa shape index (κ2) is 11.3. The van der Waals surface area contributed by atoms with E-state index in [0.717, 1.165) is 12.1 Å². The van der Waals surface area contributed by atoms with Crippen molar-refractivity contribution in [3.63, 3.8) is 0 Å². The smallest absolute Gasteiger partial charge is 0.351 e. The maximum Gasteiger partial charge on any atom is 0.351 e. The van der Waals surface area contributed by atoms with E-state index in [-0.39, 0.29) is 28.5 Å². The van der Waals surface area contributed by atoms with Gasteiger partial charge in [0.05, 0.1) is 25.3 Å². The van der Waals surface area contributed by atoms with Gasteiger partial charge >= 0.3 is 5.97 Å². The Morgan fingerprint density at radius 2 is 1.58 bits per heavy atom. The minimum absolute atomic E-state index is 0.0642. The molecule has 2 aromatic carbocycles. The largest absolute Gasteiger partial charge is 0.496 e. The summed E-state index contributed by atoms with van der Waals surface area (Å²) in [5, 5.41) is 2.78.